The van der Waals surface area contributed by atoms with Gasteiger partial charge >= 0.3 is 12.4 Å². The average molecular weight is 536 g/mol. The summed E-state index contributed by atoms with van der Waals surface area (Å²) in [6.45, 7) is 0.166. The molecule has 3 aromatic rings. The lowest BCUT2D eigenvalue weighted by atomic mass is 10.1. The number of halogens is 8. The minimum absolute atomic E-state index is 0.0669. The molecule has 0 radical (unpaired) electrons. The summed E-state index contributed by atoms with van der Waals surface area (Å²) < 4.78 is 98.8. The lowest BCUT2D eigenvalue weighted by Gasteiger charge is -2.29. The van der Waals surface area contributed by atoms with E-state index in [1.165, 1.54) is 24.3 Å². The van der Waals surface area contributed by atoms with E-state index >= 15 is 0 Å². The van der Waals surface area contributed by atoms with Gasteiger partial charge in [0.05, 0.1) is 12.1 Å². The van der Waals surface area contributed by atoms with Gasteiger partial charge in [0.2, 0.25) is 0 Å². The molecule has 3 nitrogen and oxygen atoms in total. The molecule has 0 amide bonds. The second kappa shape index (κ2) is 11.0. The molecule has 1 N–H and O–H groups in total. The van der Waals surface area contributed by atoms with Crippen LogP contribution in [0.1, 0.15) is 23.6 Å². The highest BCUT2D eigenvalue weighted by atomic mass is 35.5. The van der Waals surface area contributed by atoms with Crippen molar-refractivity contribution >= 4 is 17.3 Å². The highest BCUT2D eigenvalue weighted by Crippen LogP contribution is 2.33. The maximum Gasteiger partial charge on any atom is 0.416 e. The minimum atomic E-state index is -5.00. The number of hydrogen-bond donors (Lipinski definition) is 1. The van der Waals surface area contributed by atoms with Crippen molar-refractivity contribution in [3.05, 3.63) is 88.2 Å². The minimum Gasteiger partial charge on any atom is -0.457 e. The van der Waals surface area contributed by atoms with Crippen LogP contribution in [0.15, 0.2) is 60.7 Å². The number of aliphatic hydroxyl groups excluding tert-OH is 1. The first kappa shape index (κ1) is 27.6. The Bertz CT molecular complexity index is 1200. The van der Waals surface area contributed by atoms with Crippen LogP contribution in [0.4, 0.5) is 36.4 Å². The third-order valence-corrected chi connectivity index (χ3v) is 5.69. The Hall–Kier alpha value is -2.98. The molecule has 0 saturated heterocycles. The predicted molar refractivity (Wildman–Crippen MR) is 122 cm³/mol. The van der Waals surface area contributed by atoms with E-state index in [9.17, 15) is 35.8 Å². The van der Waals surface area contributed by atoms with E-state index in [0.29, 0.717) is 35.4 Å². The second-order valence-electron chi connectivity index (χ2n) is 7.95. The fourth-order valence-electron chi connectivity index (χ4n) is 3.42. The average Bonchev–Trinajstić information content (AvgIpc) is 2.80. The molecule has 3 rings (SSSR count). The number of rotatable bonds is 8. The maximum atomic E-state index is 14.4. The van der Waals surface area contributed by atoms with Gasteiger partial charge < -0.3 is 14.7 Å². The number of ether oxygens (including phenoxy) is 1. The van der Waals surface area contributed by atoms with Crippen molar-refractivity contribution in [1.29, 1.82) is 0 Å². The van der Waals surface area contributed by atoms with Crippen molar-refractivity contribution in [2.24, 2.45) is 0 Å². The number of nitrogens with zero attached hydrogens (tertiary/aromatic N) is 1. The number of alkyl halides is 6. The SMILES string of the molecule is CCc1cc(Oc2cccc(N(Cc3cc(C(F)(F)F)ccc3F)CC(O)C(F)(F)F)c2)ccc1Cl. The Labute approximate surface area is 207 Å². The molecule has 1 atom stereocenters. The van der Waals surface area contributed by atoms with Crippen molar-refractivity contribution in [3.8, 4) is 11.5 Å². The van der Waals surface area contributed by atoms with Gasteiger partial charge in [0.15, 0.2) is 6.10 Å². The van der Waals surface area contributed by atoms with Gasteiger partial charge in [0, 0.05) is 28.9 Å². The molecule has 1 unspecified atom stereocenters. The fourth-order valence-corrected chi connectivity index (χ4v) is 3.67. The van der Waals surface area contributed by atoms with Crippen LogP contribution >= 0.6 is 11.6 Å². The van der Waals surface area contributed by atoms with Crippen molar-refractivity contribution < 1.29 is 40.6 Å². The molecule has 0 heterocycles. The molecular formula is C25H21ClF7NO2. The number of anilines is 1. The van der Waals surface area contributed by atoms with Gasteiger partial charge in [0.25, 0.3) is 0 Å². The molecule has 0 aromatic heterocycles. The molecule has 0 fully saturated rings. The summed E-state index contributed by atoms with van der Waals surface area (Å²) in [7, 11) is 0. The van der Waals surface area contributed by atoms with Crippen molar-refractivity contribution in [1.82, 2.24) is 0 Å². The van der Waals surface area contributed by atoms with E-state index in [-0.39, 0.29) is 11.4 Å². The zero-order valence-corrected chi connectivity index (χ0v) is 19.6. The van der Waals surface area contributed by atoms with E-state index in [0.717, 1.165) is 10.5 Å². The smallest absolute Gasteiger partial charge is 0.416 e. The zero-order valence-electron chi connectivity index (χ0n) is 18.8. The van der Waals surface area contributed by atoms with Crippen LogP contribution in [0.2, 0.25) is 5.02 Å². The maximum absolute atomic E-state index is 14.4. The van der Waals surface area contributed by atoms with Gasteiger partial charge in [0.1, 0.15) is 17.3 Å². The van der Waals surface area contributed by atoms with Crippen molar-refractivity contribution in [2.45, 2.75) is 38.3 Å². The largest absolute Gasteiger partial charge is 0.457 e. The molecule has 0 aliphatic heterocycles. The van der Waals surface area contributed by atoms with Crippen LogP contribution in [-0.2, 0) is 19.1 Å². The number of hydrogen-bond acceptors (Lipinski definition) is 3. The van der Waals surface area contributed by atoms with Crippen LogP contribution in [-0.4, -0.2) is 23.9 Å². The Balaban J connectivity index is 1.96. The van der Waals surface area contributed by atoms with Crippen LogP contribution in [0.25, 0.3) is 0 Å². The monoisotopic (exact) mass is 535 g/mol. The molecule has 194 valence electrons. The van der Waals surface area contributed by atoms with E-state index < -0.39 is 48.5 Å². The number of benzene rings is 3. The standard InChI is InChI=1S/C25H21ClF7NO2/c1-2-15-11-20(7-8-21(15)26)36-19-5-3-4-18(12-19)34(14-23(35)25(31,32)33)13-16-10-17(24(28,29)30)6-9-22(16)27/h3-12,23,35H,2,13-14H2,1H3. The molecule has 36 heavy (non-hydrogen) atoms. The Morgan fingerprint density at radius 2 is 1.61 bits per heavy atom. The van der Waals surface area contributed by atoms with E-state index in [2.05, 4.69) is 0 Å². The predicted octanol–water partition coefficient (Wildman–Crippen LogP) is 7.78. The third kappa shape index (κ3) is 7.04. The fraction of sp³-hybridized carbons (Fsp3) is 0.280. The van der Waals surface area contributed by atoms with Crippen LogP contribution in [0.5, 0.6) is 11.5 Å². The lowest BCUT2D eigenvalue weighted by Crippen LogP contribution is -2.41. The summed E-state index contributed by atoms with van der Waals surface area (Å²) in [6, 6.07) is 12.3. The molecule has 0 spiro atoms. The van der Waals surface area contributed by atoms with Crippen LogP contribution < -0.4 is 9.64 Å². The van der Waals surface area contributed by atoms with Crippen LogP contribution in [0, 0.1) is 5.82 Å². The summed E-state index contributed by atoms with van der Waals surface area (Å²) >= 11 is 6.10. The van der Waals surface area contributed by atoms with Crippen molar-refractivity contribution in [3.63, 3.8) is 0 Å². The van der Waals surface area contributed by atoms with Crippen LogP contribution in [0.3, 0.4) is 0 Å². The Morgan fingerprint density at radius 3 is 2.25 bits per heavy atom. The molecular weight excluding hydrogens is 515 g/mol. The third-order valence-electron chi connectivity index (χ3n) is 5.32. The molecule has 0 bridgehead atoms. The first-order valence-corrected chi connectivity index (χ1v) is 11.1. The summed E-state index contributed by atoms with van der Waals surface area (Å²) in [5.74, 6) is -0.428. The van der Waals surface area contributed by atoms with E-state index in [1.54, 1.807) is 18.2 Å². The van der Waals surface area contributed by atoms with Gasteiger partial charge in [-0.3, -0.25) is 0 Å². The summed E-state index contributed by atoms with van der Waals surface area (Å²) in [5.41, 5.74) is -0.768. The van der Waals surface area contributed by atoms with Gasteiger partial charge in [-0.2, -0.15) is 26.3 Å². The quantitative estimate of drug-likeness (QED) is 0.299. The molecule has 0 saturated carbocycles. The topological polar surface area (TPSA) is 32.7 Å². The molecule has 11 heteroatoms. The Morgan fingerprint density at radius 1 is 0.917 bits per heavy atom. The summed E-state index contributed by atoms with van der Waals surface area (Å²) in [6.07, 6.45) is -12.0. The molecule has 3 aromatic carbocycles. The highest BCUT2D eigenvalue weighted by molar-refractivity contribution is 6.31. The Kier molecular flexibility index (Phi) is 8.40. The number of aryl methyl sites for hydroxylation is 1. The van der Waals surface area contributed by atoms with Gasteiger partial charge in [-0.05, 0) is 60.5 Å². The molecule has 0 aliphatic carbocycles. The normalized spacial score (nSPS) is 12.9. The molecule has 0 aliphatic rings. The van der Waals surface area contributed by atoms with E-state index in [1.807, 2.05) is 6.92 Å². The van der Waals surface area contributed by atoms with Gasteiger partial charge in [-0.25, -0.2) is 4.39 Å². The summed E-state index contributed by atoms with van der Waals surface area (Å²) in [5, 5.41) is 10.2. The zero-order chi connectivity index (χ0) is 26.7. The number of aliphatic hydroxyl groups is 1. The first-order chi connectivity index (χ1) is 16.8. The summed E-state index contributed by atoms with van der Waals surface area (Å²) in [4.78, 5) is 0.933. The first-order valence-electron chi connectivity index (χ1n) is 10.7. The van der Waals surface area contributed by atoms with Crippen molar-refractivity contribution in [2.75, 3.05) is 11.4 Å². The second-order valence-corrected chi connectivity index (χ2v) is 8.36. The van der Waals surface area contributed by atoms with Gasteiger partial charge in [-0.15, -0.1) is 0 Å². The lowest BCUT2D eigenvalue weighted by molar-refractivity contribution is -0.200. The van der Waals surface area contributed by atoms with E-state index in [4.69, 9.17) is 16.3 Å². The highest BCUT2D eigenvalue weighted by Gasteiger charge is 2.39. The van der Waals surface area contributed by atoms with Gasteiger partial charge in [-0.1, -0.05) is 24.6 Å².